The summed E-state index contributed by atoms with van der Waals surface area (Å²) in [7, 11) is 0. The summed E-state index contributed by atoms with van der Waals surface area (Å²) in [6, 6.07) is 0. The zero-order valence-electron chi connectivity index (χ0n) is 3.92. The van der Waals surface area contributed by atoms with E-state index in [1.165, 1.54) is 11.9 Å². The van der Waals surface area contributed by atoms with Crippen molar-refractivity contribution in [2.75, 3.05) is 6.26 Å². The van der Waals surface area contributed by atoms with E-state index in [1.807, 2.05) is 0 Å². The average molecular weight is 142 g/mol. The van der Waals surface area contributed by atoms with Crippen LogP contribution in [0.4, 0.5) is 0 Å². The van der Waals surface area contributed by atoms with E-state index in [4.69, 9.17) is 11.5 Å². The second-order valence-electron chi connectivity index (χ2n) is 0.699. The number of halogens is 1. The first kappa shape index (κ1) is 10.0. The molecule has 0 bridgehead atoms. The lowest BCUT2D eigenvalue weighted by Crippen LogP contribution is -2.21. The van der Waals surface area contributed by atoms with E-state index in [2.05, 4.69) is 4.40 Å². The molecule has 0 amide bonds. The second-order valence-corrected chi connectivity index (χ2v) is 1.25. The number of hydrogen-bond donors (Lipinski definition) is 2. The van der Waals surface area contributed by atoms with E-state index in [9.17, 15) is 0 Å². The topological polar surface area (TPSA) is 64.4 Å². The van der Waals surface area contributed by atoms with Crippen LogP contribution in [-0.4, -0.2) is 12.2 Å². The molecule has 0 aromatic carbocycles. The molecule has 0 aliphatic rings. The van der Waals surface area contributed by atoms with Crippen LogP contribution >= 0.6 is 24.4 Å². The maximum Gasteiger partial charge on any atom is 0.197 e. The van der Waals surface area contributed by atoms with E-state index in [-0.39, 0.29) is 18.4 Å². The highest BCUT2D eigenvalue weighted by atomic mass is 35.5. The summed E-state index contributed by atoms with van der Waals surface area (Å²) >= 11 is 1.25. The van der Waals surface area contributed by atoms with Gasteiger partial charge in [-0.25, -0.2) is 0 Å². The van der Waals surface area contributed by atoms with Crippen molar-refractivity contribution in [1.29, 1.82) is 0 Å². The van der Waals surface area contributed by atoms with Gasteiger partial charge >= 0.3 is 0 Å². The summed E-state index contributed by atoms with van der Waals surface area (Å²) in [5.41, 5.74) is 9.82. The van der Waals surface area contributed by atoms with E-state index in [1.54, 1.807) is 6.26 Å². The van der Waals surface area contributed by atoms with E-state index >= 15 is 0 Å². The van der Waals surface area contributed by atoms with Crippen LogP contribution in [0.25, 0.3) is 0 Å². The van der Waals surface area contributed by atoms with Gasteiger partial charge in [-0.3, -0.25) is 0 Å². The van der Waals surface area contributed by atoms with Crippen LogP contribution < -0.4 is 11.5 Å². The fourth-order valence-electron chi connectivity index (χ4n) is 0.105. The molecular weight excluding hydrogens is 134 g/mol. The first-order chi connectivity index (χ1) is 2.77. The van der Waals surface area contributed by atoms with Gasteiger partial charge in [-0.1, -0.05) is 0 Å². The van der Waals surface area contributed by atoms with E-state index < -0.39 is 0 Å². The Morgan fingerprint density at radius 2 is 2.00 bits per heavy atom. The van der Waals surface area contributed by atoms with Gasteiger partial charge in [-0.2, -0.15) is 4.40 Å². The van der Waals surface area contributed by atoms with Gasteiger partial charge < -0.3 is 11.5 Å². The third-order valence-corrected chi connectivity index (χ3v) is 0.590. The SMILES string of the molecule is CSN=C(N)N.Cl. The van der Waals surface area contributed by atoms with Crippen molar-refractivity contribution in [2.45, 2.75) is 0 Å². The Morgan fingerprint density at radius 3 is 2.00 bits per heavy atom. The Bertz CT molecular complexity index is 60.0. The average Bonchev–Trinajstić information content (AvgIpc) is 1.35. The zero-order valence-corrected chi connectivity index (χ0v) is 5.55. The first-order valence-electron chi connectivity index (χ1n) is 1.39. The Kier molecular flexibility index (Phi) is 8.45. The molecule has 4 N–H and O–H groups in total. The largest absolute Gasteiger partial charge is 0.369 e. The van der Waals surface area contributed by atoms with Crippen molar-refractivity contribution in [1.82, 2.24) is 0 Å². The van der Waals surface area contributed by atoms with Crippen molar-refractivity contribution in [3.8, 4) is 0 Å². The maximum atomic E-state index is 4.91. The highest BCUT2D eigenvalue weighted by Gasteiger charge is 1.69. The molecule has 0 aliphatic carbocycles. The predicted molar refractivity (Wildman–Crippen MR) is 36.6 cm³/mol. The summed E-state index contributed by atoms with van der Waals surface area (Å²) in [5.74, 6) is 0.127. The first-order valence-corrected chi connectivity index (χ1v) is 2.57. The van der Waals surface area contributed by atoms with Gasteiger partial charge in [-0.05, 0) is 11.9 Å². The van der Waals surface area contributed by atoms with Crippen molar-refractivity contribution < 1.29 is 0 Å². The molecule has 0 aromatic rings. The van der Waals surface area contributed by atoms with Gasteiger partial charge in [0.25, 0.3) is 0 Å². The fraction of sp³-hybridized carbons (Fsp3) is 0.500. The third-order valence-electron chi connectivity index (χ3n) is 0.197. The Morgan fingerprint density at radius 1 is 1.57 bits per heavy atom. The number of guanidine groups is 1. The normalized spacial score (nSPS) is 6.43. The monoisotopic (exact) mass is 141 g/mol. The van der Waals surface area contributed by atoms with Crippen LogP contribution in [0.5, 0.6) is 0 Å². The Hall–Kier alpha value is -0.0900. The fourth-order valence-corrected chi connectivity index (χ4v) is 0.316. The molecule has 7 heavy (non-hydrogen) atoms. The van der Waals surface area contributed by atoms with Gasteiger partial charge in [-0.15, -0.1) is 12.4 Å². The molecule has 5 heteroatoms. The lowest BCUT2D eigenvalue weighted by molar-refractivity contribution is 1.54. The maximum absolute atomic E-state index is 4.91. The van der Waals surface area contributed by atoms with Gasteiger partial charge in [0, 0.05) is 6.26 Å². The minimum atomic E-state index is 0. The molecule has 0 atom stereocenters. The minimum absolute atomic E-state index is 0. The minimum Gasteiger partial charge on any atom is -0.369 e. The molecule has 44 valence electrons. The number of nitrogens with two attached hydrogens (primary N) is 2. The summed E-state index contributed by atoms with van der Waals surface area (Å²) in [6.07, 6.45) is 1.79. The molecule has 3 nitrogen and oxygen atoms in total. The molecule has 0 unspecified atom stereocenters. The Balaban J connectivity index is 0. The number of hydrogen-bond acceptors (Lipinski definition) is 2. The van der Waals surface area contributed by atoms with E-state index in [0.29, 0.717) is 0 Å². The summed E-state index contributed by atoms with van der Waals surface area (Å²) in [5, 5.41) is 0. The molecule has 0 aromatic heterocycles. The zero-order chi connectivity index (χ0) is 4.99. The van der Waals surface area contributed by atoms with E-state index in [0.717, 1.165) is 0 Å². The standard InChI is InChI=1S/C2H7N3S.ClH/c1-6-5-2(3)4;/h1H3,(H4,3,4,5);1H. The van der Waals surface area contributed by atoms with Crippen LogP contribution in [0.15, 0.2) is 4.40 Å². The predicted octanol–water partition coefficient (Wildman–Crippen LogP) is -0.0404. The lowest BCUT2D eigenvalue weighted by atomic mass is 11.1. The van der Waals surface area contributed by atoms with Crippen LogP contribution in [0.2, 0.25) is 0 Å². The Labute approximate surface area is 53.1 Å². The molecular formula is C2H8ClN3S. The van der Waals surface area contributed by atoms with Crippen LogP contribution in [0, 0.1) is 0 Å². The molecule has 0 rings (SSSR count). The quantitative estimate of drug-likeness (QED) is 0.306. The van der Waals surface area contributed by atoms with Crippen molar-refractivity contribution >= 4 is 30.3 Å². The van der Waals surface area contributed by atoms with Gasteiger partial charge in [0.15, 0.2) is 5.96 Å². The molecule has 0 saturated heterocycles. The smallest absolute Gasteiger partial charge is 0.197 e. The van der Waals surface area contributed by atoms with Gasteiger partial charge in [0.05, 0.1) is 0 Å². The highest BCUT2D eigenvalue weighted by molar-refractivity contribution is 7.97. The molecule has 0 saturated carbocycles. The number of nitrogens with zero attached hydrogens (tertiary/aromatic N) is 1. The van der Waals surface area contributed by atoms with Crippen molar-refractivity contribution in [3.05, 3.63) is 0 Å². The molecule has 0 radical (unpaired) electrons. The van der Waals surface area contributed by atoms with Crippen LogP contribution in [0.1, 0.15) is 0 Å². The van der Waals surface area contributed by atoms with Gasteiger partial charge in [0.1, 0.15) is 0 Å². The third kappa shape index (κ3) is 10.7. The van der Waals surface area contributed by atoms with Gasteiger partial charge in [0.2, 0.25) is 0 Å². The molecule has 0 heterocycles. The van der Waals surface area contributed by atoms with Crippen LogP contribution in [0.3, 0.4) is 0 Å². The number of rotatable bonds is 1. The second kappa shape index (κ2) is 5.91. The highest BCUT2D eigenvalue weighted by Crippen LogP contribution is 1.87. The lowest BCUT2D eigenvalue weighted by Gasteiger charge is -1.81. The summed E-state index contributed by atoms with van der Waals surface area (Å²) in [6.45, 7) is 0. The summed E-state index contributed by atoms with van der Waals surface area (Å²) < 4.78 is 3.51. The van der Waals surface area contributed by atoms with Crippen molar-refractivity contribution in [3.63, 3.8) is 0 Å². The van der Waals surface area contributed by atoms with Crippen LogP contribution in [-0.2, 0) is 0 Å². The summed E-state index contributed by atoms with van der Waals surface area (Å²) in [4.78, 5) is 0. The molecule has 0 fully saturated rings. The molecule has 0 spiro atoms. The molecule has 0 aliphatic heterocycles. The van der Waals surface area contributed by atoms with Crippen molar-refractivity contribution in [2.24, 2.45) is 15.9 Å².